The molecule has 1 aromatic heterocycles. The molecule has 1 heterocycles. The summed E-state index contributed by atoms with van der Waals surface area (Å²) < 4.78 is 26.2. The van der Waals surface area contributed by atoms with Crippen molar-refractivity contribution in [1.29, 1.82) is 0 Å². The van der Waals surface area contributed by atoms with Crippen LogP contribution in [0.5, 0.6) is 0 Å². The first-order valence-electron chi connectivity index (χ1n) is 5.85. The van der Waals surface area contributed by atoms with E-state index in [1.54, 1.807) is 37.3 Å². The summed E-state index contributed by atoms with van der Waals surface area (Å²) in [6, 6.07) is 8.46. The molecule has 0 aliphatic heterocycles. The van der Waals surface area contributed by atoms with Crippen molar-refractivity contribution in [2.45, 2.75) is 25.7 Å². The number of aromatic nitrogens is 1. The van der Waals surface area contributed by atoms with Gasteiger partial charge in [0.05, 0.1) is 17.9 Å². The van der Waals surface area contributed by atoms with Gasteiger partial charge >= 0.3 is 5.97 Å². The molecule has 0 aliphatic rings. The van der Waals surface area contributed by atoms with Crippen LogP contribution < -0.4 is 0 Å². The fraction of sp³-hybridized carbons (Fsp3) is 0.286. The minimum absolute atomic E-state index is 0.348. The second-order valence-electron chi connectivity index (χ2n) is 4.41. The van der Waals surface area contributed by atoms with E-state index in [0.29, 0.717) is 22.2 Å². The lowest BCUT2D eigenvalue weighted by atomic mass is 9.92. The summed E-state index contributed by atoms with van der Waals surface area (Å²) in [6.45, 7) is 1.71. The van der Waals surface area contributed by atoms with Crippen LogP contribution in [0.1, 0.15) is 23.6 Å². The van der Waals surface area contributed by atoms with Crippen LogP contribution in [-0.4, -0.2) is 22.5 Å². The SMILES string of the molecule is Cc1cc(C(CC(=O)O)C(F)F)c2ccccc2n1. The lowest BCUT2D eigenvalue weighted by molar-refractivity contribution is -0.138. The van der Waals surface area contributed by atoms with E-state index < -0.39 is 24.7 Å². The number of aryl methyl sites for hydroxylation is 1. The molecule has 1 atom stereocenters. The van der Waals surface area contributed by atoms with Crippen LogP contribution in [0.3, 0.4) is 0 Å². The molecule has 19 heavy (non-hydrogen) atoms. The van der Waals surface area contributed by atoms with Crippen LogP contribution >= 0.6 is 0 Å². The molecule has 0 amide bonds. The number of rotatable bonds is 4. The Morgan fingerprint density at radius 3 is 2.68 bits per heavy atom. The highest BCUT2D eigenvalue weighted by Gasteiger charge is 2.27. The first-order valence-corrected chi connectivity index (χ1v) is 5.85. The van der Waals surface area contributed by atoms with Crippen LogP contribution in [-0.2, 0) is 4.79 Å². The number of hydrogen-bond donors (Lipinski definition) is 1. The van der Waals surface area contributed by atoms with E-state index in [2.05, 4.69) is 4.98 Å². The average Bonchev–Trinajstić information content (AvgIpc) is 2.34. The van der Waals surface area contributed by atoms with Gasteiger partial charge in [-0.1, -0.05) is 18.2 Å². The molecular formula is C14H13F2NO2. The van der Waals surface area contributed by atoms with E-state index in [1.165, 1.54) is 0 Å². The Labute approximate surface area is 108 Å². The van der Waals surface area contributed by atoms with E-state index in [9.17, 15) is 13.6 Å². The van der Waals surface area contributed by atoms with Crippen molar-refractivity contribution in [3.05, 3.63) is 41.6 Å². The molecule has 1 aromatic carbocycles. The zero-order valence-electron chi connectivity index (χ0n) is 10.3. The molecule has 3 nitrogen and oxygen atoms in total. The summed E-state index contributed by atoms with van der Waals surface area (Å²) >= 11 is 0. The number of fused-ring (bicyclic) bond motifs is 1. The molecule has 1 unspecified atom stereocenters. The summed E-state index contributed by atoms with van der Waals surface area (Å²) in [4.78, 5) is 15.0. The Morgan fingerprint density at radius 2 is 2.05 bits per heavy atom. The maximum atomic E-state index is 13.1. The lowest BCUT2D eigenvalue weighted by Crippen LogP contribution is -2.15. The van der Waals surface area contributed by atoms with Crippen molar-refractivity contribution in [1.82, 2.24) is 4.98 Å². The fourth-order valence-electron chi connectivity index (χ4n) is 2.17. The molecule has 0 bridgehead atoms. The predicted octanol–water partition coefficient (Wildman–Crippen LogP) is 3.37. The second-order valence-corrected chi connectivity index (χ2v) is 4.41. The lowest BCUT2D eigenvalue weighted by Gasteiger charge is -2.17. The summed E-state index contributed by atoms with van der Waals surface area (Å²) in [5, 5.41) is 9.37. The molecule has 1 N–H and O–H groups in total. The third kappa shape index (κ3) is 2.86. The maximum Gasteiger partial charge on any atom is 0.304 e. The third-order valence-electron chi connectivity index (χ3n) is 2.97. The first-order chi connectivity index (χ1) is 8.99. The number of halogens is 2. The maximum absolute atomic E-state index is 13.1. The Bertz CT molecular complexity index is 613. The van der Waals surface area contributed by atoms with Crippen LogP contribution in [0, 0.1) is 6.92 Å². The standard InChI is InChI=1S/C14H13F2NO2/c1-8-6-10(11(14(15)16)7-13(18)19)9-4-2-3-5-12(9)17-8/h2-6,11,14H,7H2,1H3,(H,18,19). The molecule has 0 saturated carbocycles. The number of hydrogen-bond acceptors (Lipinski definition) is 2. The van der Waals surface area contributed by atoms with Gasteiger partial charge in [-0.3, -0.25) is 9.78 Å². The summed E-state index contributed by atoms with van der Waals surface area (Å²) in [6.07, 6.45) is -3.31. The monoisotopic (exact) mass is 265 g/mol. The molecule has 0 fully saturated rings. The number of alkyl halides is 2. The van der Waals surface area contributed by atoms with Crippen LogP contribution in [0.4, 0.5) is 8.78 Å². The van der Waals surface area contributed by atoms with Crippen molar-refractivity contribution in [2.75, 3.05) is 0 Å². The summed E-state index contributed by atoms with van der Waals surface area (Å²) in [5.74, 6) is -2.55. The number of carbonyl (C=O) groups is 1. The number of carboxylic acids is 1. The summed E-state index contributed by atoms with van der Waals surface area (Å²) in [5.41, 5.74) is 1.55. The number of aliphatic carboxylic acids is 1. The van der Waals surface area contributed by atoms with Gasteiger partial charge in [-0.05, 0) is 24.6 Å². The molecule has 100 valence electrons. The molecule has 2 aromatic rings. The smallest absolute Gasteiger partial charge is 0.304 e. The normalized spacial score (nSPS) is 12.8. The zero-order valence-corrected chi connectivity index (χ0v) is 10.3. The fourth-order valence-corrected chi connectivity index (χ4v) is 2.17. The zero-order chi connectivity index (χ0) is 14.0. The van der Waals surface area contributed by atoms with Gasteiger partial charge in [-0.25, -0.2) is 8.78 Å². The Hall–Kier alpha value is -2.04. The van der Waals surface area contributed by atoms with Crippen LogP contribution in [0.2, 0.25) is 0 Å². The third-order valence-corrected chi connectivity index (χ3v) is 2.97. The molecular weight excluding hydrogens is 252 g/mol. The molecule has 5 heteroatoms. The highest BCUT2D eigenvalue weighted by Crippen LogP contribution is 2.32. The van der Waals surface area contributed by atoms with Gasteiger partial charge in [0.25, 0.3) is 0 Å². The van der Waals surface area contributed by atoms with Crippen molar-refractivity contribution < 1.29 is 18.7 Å². The molecule has 0 spiro atoms. The Morgan fingerprint density at radius 1 is 1.37 bits per heavy atom. The minimum atomic E-state index is -2.72. The Balaban J connectivity index is 2.61. The molecule has 0 radical (unpaired) electrons. The number of para-hydroxylation sites is 1. The highest BCUT2D eigenvalue weighted by molar-refractivity contribution is 5.83. The predicted molar refractivity (Wildman–Crippen MR) is 67.5 cm³/mol. The van der Waals surface area contributed by atoms with E-state index in [0.717, 1.165) is 0 Å². The minimum Gasteiger partial charge on any atom is -0.481 e. The quantitative estimate of drug-likeness (QED) is 0.922. The Kier molecular flexibility index (Phi) is 3.74. The van der Waals surface area contributed by atoms with Gasteiger partial charge in [-0.2, -0.15) is 0 Å². The second kappa shape index (κ2) is 5.30. The first kappa shape index (κ1) is 13.4. The number of carboxylic acid groups (broad SMARTS) is 1. The van der Waals surface area contributed by atoms with E-state index in [1.807, 2.05) is 0 Å². The molecule has 2 rings (SSSR count). The largest absolute Gasteiger partial charge is 0.481 e. The van der Waals surface area contributed by atoms with E-state index in [4.69, 9.17) is 5.11 Å². The van der Waals surface area contributed by atoms with Crippen LogP contribution in [0.15, 0.2) is 30.3 Å². The van der Waals surface area contributed by atoms with Gasteiger partial charge < -0.3 is 5.11 Å². The van der Waals surface area contributed by atoms with Gasteiger partial charge in [0.2, 0.25) is 6.43 Å². The number of benzene rings is 1. The van der Waals surface area contributed by atoms with E-state index in [-0.39, 0.29) is 0 Å². The number of nitrogens with zero attached hydrogens (tertiary/aromatic N) is 1. The highest BCUT2D eigenvalue weighted by atomic mass is 19.3. The molecule has 0 saturated heterocycles. The summed E-state index contributed by atoms with van der Waals surface area (Å²) in [7, 11) is 0. The van der Waals surface area contributed by atoms with Crippen LogP contribution in [0.25, 0.3) is 10.9 Å². The topological polar surface area (TPSA) is 50.2 Å². The van der Waals surface area contributed by atoms with Crippen molar-refractivity contribution in [3.8, 4) is 0 Å². The van der Waals surface area contributed by atoms with Gasteiger partial charge in [0.1, 0.15) is 0 Å². The van der Waals surface area contributed by atoms with Crippen molar-refractivity contribution in [3.63, 3.8) is 0 Å². The van der Waals surface area contributed by atoms with Gasteiger partial charge in [-0.15, -0.1) is 0 Å². The van der Waals surface area contributed by atoms with Gasteiger partial charge in [0, 0.05) is 11.1 Å². The van der Waals surface area contributed by atoms with E-state index >= 15 is 0 Å². The average molecular weight is 265 g/mol. The van der Waals surface area contributed by atoms with Crippen molar-refractivity contribution in [2.24, 2.45) is 0 Å². The van der Waals surface area contributed by atoms with Crippen molar-refractivity contribution >= 4 is 16.9 Å². The number of pyridine rings is 1. The molecule has 0 aliphatic carbocycles. The van der Waals surface area contributed by atoms with Gasteiger partial charge in [0.15, 0.2) is 0 Å².